The normalized spacial score (nSPS) is 40.4. The third-order valence-electron chi connectivity index (χ3n) is 7.53. The van der Waals surface area contributed by atoms with E-state index in [1.165, 1.54) is 70.6 Å². The molecule has 0 aromatic rings. The fourth-order valence-electron chi connectivity index (χ4n) is 6.15. The first-order chi connectivity index (χ1) is 11.3. The number of unbranched alkanes of at least 4 members (excludes halogenated alkanes) is 3. The van der Waals surface area contributed by atoms with Crippen LogP contribution in [0, 0.1) is 29.6 Å². The minimum absolute atomic E-state index is 0.599. The Morgan fingerprint density at radius 1 is 0.739 bits per heavy atom. The van der Waals surface area contributed by atoms with Crippen molar-refractivity contribution >= 4 is 0 Å². The smallest absolute Gasteiger partial charge is 0.0578 e. The molecule has 6 atom stereocenters. The van der Waals surface area contributed by atoms with E-state index < -0.39 is 0 Å². The molecule has 1 nitrogen and oxygen atoms in total. The lowest BCUT2D eigenvalue weighted by Gasteiger charge is -2.50. The number of rotatable bonds is 7. The van der Waals surface area contributed by atoms with Gasteiger partial charge in [0.25, 0.3) is 0 Å². The topological polar surface area (TPSA) is 9.23 Å². The first kappa shape index (κ1) is 17.8. The third-order valence-corrected chi connectivity index (χ3v) is 7.53. The summed E-state index contributed by atoms with van der Waals surface area (Å²) in [6.07, 6.45) is 19.3. The molecule has 3 aliphatic rings. The van der Waals surface area contributed by atoms with Crippen LogP contribution in [0.3, 0.4) is 0 Å². The SMILES string of the molecule is CCCCCCO[C@H]1CCC2C(CCC3C[C@@H](CC)CCC32)C1. The second-order valence-corrected chi connectivity index (χ2v) is 8.88. The zero-order valence-corrected chi connectivity index (χ0v) is 15.8. The van der Waals surface area contributed by atoms with Gasteiger partial charge in [-0.05, 0) is 81.0 Å². The summed E-state index contributed by atoms with van der Waals surface area (Å²) >= 11 is 0. The zero-order valence-electron chi connectivity index (χ0n) is 15.8. The summed E-state index contributed by atoms with van der Waals surface area (Å²) in [6.45, 7) is 5.71. The van der Waals surface area contributed by atoms with Crippen molar-refractivity contribution in [2.45, 2.75) is 103 Å². The van der Waals surface area contributed by atoms with Crippen molar-refractivity contribution in [2.75, 3.05) is 6.61 Å². The zero-order chi connectivity index (χ0) is 16.1. The highest BCUT2D eigenvalue weighted by molar-refractivity contribution is 4.94. The average Bonchev–Trinajstić information content (AvgIpc) is 2.60. The van der Waals surface area contributed by atoms with Gasteiger partial charge in [0.2, 0.25) is 0 Å². The molecule has 0 radical (unpaired) electrons. The van der Waals surface area contributed by atoms with Crippen LogP contribution in [0.25, 0.3) is 0 Å². The molecule has 0 saturated heterocycles. The van der Waals surface area contributed by atoms with Gasteiger partial charge in [-0.1, -0.05) is 46.0 Å². The second-order valence-electron chi connectivity index (χ2n) is 8.88. The van der Waals surface area contributed by atoms with Gasteiger partial charge in [-0.15, -0.1) is 0 Å². The molecule has 0 aromatic carbocycles. The molecule has 0 amide bonds. The van der Waals surface area contributed by atoms with Gasteiger partial charge >= 0.3 is 0 Å². The van der Waals surface area contributed by atoms with Gasteiger partial charge in [-0.25, -0.2) is 0 Å². The van der Waals surface area contributed by atoms with Crippen molar-refractivity contribution < 1.29 is 4.74 Å². The van der Waals surface area contributed by atoms with Gasteiger partial charge in [0, 0.05) is 6.61 Å². The van der Waals surface area contributed by atoms with Crippen LogP contribution < -0.4 is 0 Å². The molecule has 0 bridgehead atoms. The molecule has 1 heteroatoms. The van der Waals surface area contributed by atoms with Crippen molar-refractivity contribution in [1.82, 2.24) is 0 Å². The van der Waals surface area contributed by atoms with E-state index in [4.69, 9.17) is 4.74 Å². The highest BCUT2D eigenvalue weighted by Gasteiger charge is 2.44. The molecular weight excluding hydrogens is 280 g/mol. The van der Waals surface area contributed by atoms with Crippen LogP contribution >= 0.6 is 0 Å². The summed E-state index contributed by atoms with van der Waals surface area (Å²) in [7, 11) is 0. The number of fused-ring (bicyclic) bond motifs is 3. The second kappa shape index (κ2) is 8.88. The molecule has 3 aliphatic carbocycles. The highest BCUT2D eigenvalue weighted by Crippen LogP contribution is 2.53. The van der Waals surface area contributed by atoms with Crippen molar-refractivity contribution in [1.29, 1.82) is 0 Å². The first-order valence-electron chi connectivity index (χ1n) is 10.9. The molecule has 23 heavy (non-hydrogen) atoms. The standard InChI is InChI=1S/C22H40O/c1-3-5-6-7-14-23-20-11-13-22-19(16-20)10-9-18-15-17(4-2)8-12-21(18)22/h17-22H,3-16H2,1-2H3/t17-,18?,19?,20-,21?,22?/m0/s1. The molecule has 3 rings (SSSR count). The largest absolute Gasteiger partial charge is 0.378 e. The quantitative estimate of drug-likeness (QED) is 0.480. The summed E-state index contributed by atoms with van der Waals surface area (Å²) in [4.78, 5) is 0. The van der Waals surface area contributed by atoms with Gasteiger partial charge in [0.05, 0.1) is 6.10 Å². The Hall–Kier alpha value is -0.0400. The lowest BCUT2D eigenvalue weighted by atomic mass is 9.56. The summed E-state index contributed by atoms with van der Waals surface area (Å²) in [6, 6.07) is 0. The maximum atomic E-state index is 6.25. The summed E-state index contributed by atoms with van der Waals surface area (Å²) in [5.41, 5.74) is 0. The van der Waals surface area contributed by atoms with Gasteiger partial charge in [-0.2, -0.15) is 0 Å². The molecule has 134 valence electrons. The number of hydrogen-bond acceptors (Lipinski definition) is 1. The molecule has 3 fully saturated rings. The van der Waals surface area contributed by atoms with Crippen LogP contribution in [0.4, 0.5) is 0 Å². The molecule has 0 heterocycles. The summed E-state index contributed by atoms with van der Waals surface area (Å²) in [5, 5.41) is 0. The van der Waals surface area contributed by atoms with Crippen molar-refractivity contribution in [3.8, 4) is 0 Å². The van der Waals surface area contributed by atoms with Gasteiger partial charge in [-0.3, -0.25) is 0 Å². The van der Waals surface area contributed by atoms with E-state index in [-0.39, 0.29) is 0 Å². The molecule has 0 aliphatic heterocycles. The lowest BCUT2D eigenvalue weighted by molar-refractivity contribution is -0.0536. The summed E-state index contributed by atoms with van der Waals surface area (Å²) < 4.78 is 6.25. The Labute approximate surface area is 144 Å². The monoisotopic (exact) mass is 320 g/mol. The van der Waals surface area contributed by atoms with Gasteiger partial charge < -0.3 is 4.74 Å². The Morgan fingerprint density at radius 2 is 1.48 bits per heavy atom. The van der Waals surface area contributed by atoms with Crippen LogP contribution in [0.1, 0.15) is 97.3 Å². The van der Waals surface area contributed by atoms with E-state index in [0.29, 0.717) is 6.10 Å². The van der Waals surface area contributed by atoms with Gasteiger partial charge in [0.1, 0.15) is 0 Å². The van der Waals surface area contributed by atoms with Crippen LogP contribution in [0.15, 0.2) is 0 Å². The number of ether oxygens (including phenoxy) is 1. The Bertz CT molecular complexity index is 339. The van der Waals surface area contributed by atoms with Crippen molar-refractivity contribution in [2.24, 2.45) is 29.6 Å². The highest BCUT2D eigenvalue weighted by atomic mass is 16.5. The first-order valence-corrected chi connectivity index (χ1v) is 10.9. The molecule has 3 saturated carbocycles. The van der Waals surface area contributed by atoms with Crippen LogP contribution in [-0.4, -0.2) is 12.7 Å². The fraction of sp³-hybridized carbons (Fsp3) is 1.00. The van der Waals surface area contributed by atoms with E-state index in [0.717, 1.165) is 36.2 Å². The minimum atomic E-state index is 0.599. The van der Waals surface area contributed by atoms with E-state index >= 15 is 0 Å². The maximum absolute atomic E-state index is 6.25. The van der Waals surface area contributed by atoms with E-state index in [1.807, 2.05) is 0 Å². The molecule has 0 N–H and O–H groups in total. The third kappa shape index (κ3) is 4.53. The lowest BCUT2D eigenvalue weighted by Crippen LogP contribution is -2.42. The van der Waals surface area contributed by atoms with Crippen LogP contribution in [0.5, 0.6) is 0 Å². The predicted octanol–water partition coefficient (Wildman–Crippen LogP) is 6.60. The maximum Gasteiger partial charge on any atom is 0.0578 e. The van der Waals surface area contributed by atoms with E-state index in [9.17, 15) is 0 Å². The predicted molar refractivity (Wildman–Crippen MR) is 98.6 cm³/mol. The average molecular weight is 321 g/mol. The molecule has 0 spiro atoms. The molecule has 0 aromatic heterocycles. The molecular formula is C22H40O. The molecule has 4 unspecified atom stereocenters. The fourth-order valence-corrected chi connectivity index (χ4v) is 6.15. The van der Waals surface area contributed by atoms with Crippen LogP contribution in [-0.2, 0) is 4.74 Å². The van der Waals surface area contributed by atoms with Crippen molar-refractivity contribution in [3.63, 3.8) is 0 Å². The Morgan fingerprint density at radius 3 is 2.22 bits per heavy atom. The van der Waals surface area contributed by atoms with Crippen molar-refractivity contribution in [3.05, 3.63) is 0 Å². The Kier molecular flexibility index (Phi) is 6.86. The van der Waals surface area contributed by atoms with E-state index in [1.54, 1.807) is 12.8 Å². The van der Waals surface area contributed by atoms with Gasteiger partial charge in [0.15, 0.2) is 0 Å². The van der Waals surface area contributed by atoms with Crippen LogP contribution in [0.2, 0.25) is 0 Å². The van der Waals surface area contributed by atoms with E-state index in [2.05, 4.69) is 13.8 Å². The summed E-state index contributed by atoms with van der Waals surface area (Å²) in [5.74, 6) is 5.29. The minimum Gasteiger partial charge on any atom is -0.378 e. The number of hydrogen-bond donors (Lipinski definition) is 0. The Balaban J connectivity index is 1.43.